The van der Waals surface area contributed by atoms with Crippen LogP contribution in [0.25, 0.3) is 0 Å². The lowest BCUT2D eigenvalue weighted by atomic mass is 10.3. The van der Waals surface area contributed by atoms with E-state index < -0.39 is 18.0 Å². The van der Waals surface area contributed by atoms with E-state index in [9.17, 15) is 14.7 Å². The van der Waals surface area contributed by atoms with E-state index in [2.05, 4.69) is 10.1 Å². The molecule has 7 heteroatoms. The van der Waals surface area contributed by atoms with Crippen LogP contribution >= 0.6 is 22.9 Å². The standard InChI is InChI=1S/C9H10ClNO4S/c1-15-9(14)6(12)4-11-8(13)7-5(10)2-3-16-7/h2-3,6,12H,4H2,1H3,(H,11,13). The Morgan fingerprint density at radius 2 is 2.38 bits per heavy atom. The van der Waals surface area contributed by atoms with Crippen LogP contribution in [0.15, 0.2) is 11.4 Å². The number of aliphatic hydroxyl groups excluding tert-OH is 1. The number of aliphatic hydroxyl groups is 1. The number of amides is 1. The molecule has 1 atom stereocenters. The normalized spacial score (nSPS) is 11.9. The minimum absolute atomic E-state index is 0.209. The fourth-order valence-corrected chi connectivity index (χ4v) is 2.00. The number of halogens is 1. The summed E-state index contributed by atoms with van der Waals surface area (Å²) in [5.41, 5.74) is 0. The molecule has 88 valence electrons. The second-order valence-corrected chi connectivity index (χ2v) is 4.17. The zero-order valence-electron chi connectivity index (χ0n) is 8.40. The van der Waals surface area contributed by atoms with Gasteiger partial charge in [0.15, 0.2) is 6.10 Å². The molecule has 0 aromatic carbocycles. The van der Waals surface area contributed by atoms with Crippen LogP contribution in [0.1, 0.15) is 9.67 Å². The fourth-order valence-electron chi connectivity index (χ4n) is 0.945. The van der Waals surface area contributed by atoms with E-state index in [1.165, 1.54) is 11.3 Å². The summed E-state index contributed by atoms with van der Waals surface area (Å²) in [5, 5.41) is 13.6. The molecule has 16 heavy (non-hydrogen) atoms. The van der Waals surface area contributed by atoms with Crippen molar-refractivity contribution in [2.75, 3.05) is 13.7 Å². The Morgan fingerprint density at radius 1 is 1.69 bits per heavy atom. The molecule has 1 aromatic rings. The molecule has 1 heterocycles. The number of carbonyl (C=O) groups excluding carboxylic acids is 2. The highest BCUT2D eigenvalue weighted by molar-refractivity contribution is 7.12. The molecule has 1 rings (SSSR count). The summed E-state index contributed by atoms with van der Waals surface area (Å²) in [7, 11) is 1.16. The number of carbonyl (C=O) groups is 2. The van der Waals surface area contributed by atoms with E-state index in [0.29, 0.717) is 9.90 Å². The molecule has 0 fully saturated rings. The second-order valence-electron chi connectivity index (χ2n) is 2.85. The summed E-state index contributed by atoms with van der Waals surface area (Å²) in [6.45, 7) is -0.209. The lowest BCUT2D eigenvalue weighted by Gasteiger charge is -2.08. The summed E-state index contributed by atoms with van der Waals surface area (Å²) in [5.74, 6) is -1.22. The van der Waals surface area contributed by atoms with Crippen LogP contribution < -0.4 is 5.32 Å². The average molecular weight is 264 g/mol. The van der Waals surface area contributed by atoms with Crippen LogP contribution in [-0.2, 0) is 9.53 Å². The van der Waals surface area contributed by atoms with Gasteiger partial charge in [-0.1, -0.05) is 11.6 Å². The predicted octanol–water partition coefficient (Wildman–Crippen LogP) is 0.665. The zero-order valence-corrected chi connectivity index (χ0v) is 9.97. The van der Waals surface area contributed by atoms with Crippen molar-refractivity contribution in [2.45, 2.75) is 6.10 Å². The van der Waals surface area contributed by atoms with Gasteiger partial charge in [0.05, 0.1) is 18.7 Å². The Morgan fingerprint density at radius 3 is 2.88 bits per heavy atom. The first kappa shape index (κ1) is 13.0. The SMILES string of the molecule is COC(=O)C(O)CNC(=O)c1sccc1Cl. The number of ether oxygens (including phenoxy) is 1. The molecule has 2 N–H and O–H groups in total. The number of rotatable bonds is 4. The van der Waals surface area contributed by atoms with Crippen molar-refractivity contribution >= 4 is 34.8 Å². The van der Waals surface area contributed by atoms with Gasteiger partial charge in [0.1, 0.15) is 4.88 Å². The smallest absolute Gasteiger partial charge is 0.336 e. The maximum atomic E-state index is 11.5. The molecule has 0 aliphatic heterocycles. The van der Waals surface area contributed by atoms with Gasteiger partial charge in [-0.05, 0) is 11.4 Å². The molecule has 0 radical (unpaired) electrons. The zero-order chi connectivity index (χ0) is 12.1. The number of methoxy groups -OCH3 is 1. The van der Waals surface area contributed by atoms with Gasteiger partial charge in [-0.2, -0.15) is 0 Å². The van der Waals surface area contributed by atoms with Crippen LogP contribution in [0.5, 0.6) is 0 Å². The van der Waals surface area contributed by atoms with E-state index in [4.69, 9.17) is 11.6 Å². The van der Waals surface area contributed by atoms with Gasteiger partial charge in [-0.3, -0.25) is 4.79 Å². The van der Waals surface area contributed by atoms with E-state index in [-0.39, 0.29) is 6.54 Å². The number of hydrogen-bond donors (Lipinski definition) is 2. The van der Waals surface area contributed by atoms with Gasteiger partial charge in [0, 0.05) is 0 Å². The highest BCUT2D eigenvalue weighted by atomic mass is 35.5. The van der Waals surface area contributed by atoms with Gasteiger partial charge >= 0.3 is 5.97 Å². The topological polar surface area (TPSA) is 75.6 Å². The van der Waals surface area contributed by atoms with Gasteiger partial charge in [0.25, 0.3) is 5.91 Å². The second kappa shape index (κ2) is 5.83. The summed E-state index contributed by atoms with van der Waals surface area (Å²) >= 11 is 6.92. The van der Waals surface area contributed by atoms with Crippen molar-refractivity contribution in [3.63, 3.8) is 0 Å². The van der Waals surface area contributed by atoms with Crippen molar-refractivity contribution in [2.24, 2.45) is 0 Å². The third-order valence-corrected chi connectivity index (χ3v) is 3.09. The van der Waals surface area contributed by atoms with Crippen LogP contribution in [0.3, 0.4) is 0 Å². The molecule has 5 nitrogen and oxygen atoms in total. The lowest BCUT2D eigenvalue weighted by molar-refractivity contribution is -0.149. The first-order chi connectivity index (χ1) is 7.56. The van der Waals surface area contributed by atoms with Crippen molar-refractivity contribution < 1.29 is 19.4 Å². The molecule has 0 spiro atoms. The summed E-state index contributed by atoms with van der Waals surface area (Å²) in [6.07, 6.45) is -1.37. The van der Waals surface area contributed by atoms with Crippen LogP contribution in [-0.4, -0.2) is 36.7 Å². The predicted molar refractivity (Wildman–Crippen MR) is 59.7 cm³/mol. The van der Waals surface area contributed by atoms with Gasteiger partial charge < -0.3 is 15.2 Å². The number of esters is 1. The van der Waals surface area contributed by atoms with Crippen molar-refractivity contribution in [1.29, 1.82) is 0 Å². The highest BCUT2D eigenvalue weighted by Crippen LogP contribution is 2.21. The Kier molecular flexibility index (Phi) is 4.72. The van der Waals surface area contributed by atoms with Gasteiger partial charge in [-0.25, -0.2) is 4.79 Å². The monoisotopic (exact) mass is 263 g/mol. The van der Waals surface area contributed by atoms with E-state index in [1.54, 1.807) is 11.4 Å². The van der Waals surface area contributed by atoms with Crippen LogP contribution in [0.2, 0.25) is 5.02 Å². The van der Waals surface area contributed by atoms with Crippen molar-refractivity contribution in [1.82, 2.24) is 5.32 Å². The molecule has 1 unspecified atom stereocenters. The molecule has 0 bridgehead atoms. The molecule has 0 aliphatic carbocycles. The molecule has 0 aliphatic rings. The summed E-state index contributed by atoms with van der Waals surface area (Å²) in [4.78, 5) is 22.7. The molecule has 1 aromatic heterocycles. The van der Waals surface area contributed by atoms with Gasteiger partial charge in [0.2, 0.25) is 0 Å². The summed E-state index contributed by atoms with van der Waals surface area (Å²) in [6, 6.07) is 1.60. The molecule has 1 amide bonds. The van der Waals surface area contributed by atoms with Crippen molar-refractivity contribution in [3.05, 3.63) is 21.3 Å². The first-order valence-corrected chi connectivity index (χ1v) is 5.59. The molecular weight excluding hydrogens is 254 g/mol. The number of hydrogen-bond acceptors (Lipinski definition) is 5. The molecule has 0 saturated carbocycles. The Balaban J connectivity index is 2.48. The van der Waals surface area contributed by atoms with Gasteiger partial charge in [-0.15, -0.1) is 11.3 Å². The fraction of sp³-hybridized carbons (Fsp3) is 0.333. The molecule has 0 saturated heterocycles. The Hall–Kier alpha value is -1.11. The first-order valence-electron chi connectivity index (χ1n) is 4.33. The van der Waals surface area contributed by atoms with Crippen molar-refractivity contribution in [3.8, 4) is 0 Å². The maximum absolute atomic E-state index is 11.5. The van der Waals surface area contributed by atoms with E-state index in [1.807, 2.05) is 0 Å². The molecular formula is C9H10ClNO4S. The average Bonchev–Trinajstić information content (AvgIpc) is 2.70. The third kappa shape index (κ3) is 3.19. The minimum Gasteiger partial charge on any atom is -0.467 e. The van der Waals surface area contributed by atoms with E-state index >= 15 is 0 Å². The Bertz CT molecular complexity index is 393. The number of thiophene rings is 1. The quantitative estimate of drug-likeness (QED) is 0.783. The lowest BCUT2D eigenvalue weighted by Crippen LogP contribution is -2.37. The summed E-state index contributed by atoms with van der Waals surface area (Å²) < 4.78 is 4.30. The maximum Gasteiger partial charge on any atom is 0.336 e. The van der Waals surface area contributed by atoms with Crippen LogP contribution in [0, 0.1) is 0 Å². The Labute approximate surface area is 101 Å². The van der Waals surface area contributed by atoms with E-state index in [0.717, 1.165) is 7.11 Å². The van der Waals surface area contributed by atoms with Crippen LogP contribution in [0.4, 0.5) is 0 Å². The highest BCUT2D eigenvalue weighted by Gasteiger charge is 2.18. The number of nitrogens with one attached hydrogen (secondary N) is 1. The third-order valence-electron chi connectivity index (χ3n) is 1.75. The largest absolute Gasteiger partial charge is 0.467 e. The minimum atomic E-state index is -1.37.